The van der Waals surface area contributed by atoms with Gasteiger partial charge in [-0.15, -0.1) is 0 Å². The van der Waals surface area contributed by atoms with E-state index in [1.807, 2.05) is 24.3 Å². The summed E-state index contributed by atoms with van der Waals surface area (Å²) in [4.78, 5) is 4.66. The van der Waals surface area contributed by atoms with Gasteiger partial charge in [-0.1, -0.05) is 110 Å². The minimum atomic E-state index is 0.225. The first-order valence-corrected chi connectivity index (χ1v) is 23.6. The van der Waals surface area contributed by atoms with E-state index in [1.54, 1.807) is 0 Å². The summed E-state index contributed by atoms with van der Waals surface area (Å²) in [5, 5.41) is 10.9. The summed E-state index contributed by atoms with van der Waals surface area (Å²) in [7, 11) is 0. The molecule has 10 aromatic carbocycles. The van der Waals surface area contributed by atoms with Crippen LogP contribution < -0.4 is 9.80 Å². The van der Waals surface area contributed by atoms with Crippen LogP contribution in [-0.2, 0) is 0 Å². The first-order valence-electron chi connectivity index (χ1n) is 23.6. The predicted molar refractivity (Wildman–Crippen MR) is 284 cm³/mol. The molecule has 0 amide bonds. The van der Waals surface area contributed by atoms with Crippen LogP contribution in [0.4, 0.5) is 28.4 Å². The number of benzene rings is 10. The molecule has 0 radical (unpaired) electrons. The first kappa shape index (κ1) is 38.1. The highest BCUT2D eigenvalue weighted by molar-refractivity contribution is 6.27. The van der Waals surface area contributed by atoms with Gasteiger partial charge in [-0.2, -0.15) is 0 Å². The highest BCUT2D eigenvalue weighted by Crippen LogP contribution is 2.48. The Morgan fingerprint density at radius 3 is 1.58 bits per heavy atom. The molecule has 1 atom stereocenters. The van der Waals surface area contributed by atoms with Crippen LogP contribution in [0.25, 0.3) is 105 Å². The van der Waals surface area contributed by atoms with Gasteiger partial charge in [-0.3, -0.25) is 0 Å². The van der Waals surface area contributed by atoms with Gasteiger partial charge in [0.05, 0.1) is 11.4 Å². The van der Waals surface area contributed by atoms with Crippen LogP contribution in [0.1, 0.15) is 30.4 Å². The van der Waals surface area contributed by atoms with Gasteiger partial charge in [-0.25, -0.2) is 0 Å². The van der Waals surface area contributed by atoms with Gasteiger partial charge >= 0.3 is 0 Å². The molecule has 0 N–H and O–H groups in total. The number of allylic oxidation sites excluding steroid dienone is 1. The van der Waals surface area contributed by atoms with Gasteiger partial charge in [0.2, 0.25) is 0 Å². The highest BCUT2D eigenvalue weighted by Gasteiger charge is 2.28. The van der Waals surface area contributed by atoms with E-state index in [4.69, 9.17) is 17.7 Å². The normalized spacial score (nSPS) is 14.0. The van der Waals surface area contributed by atoms with E-state index in [9.17, 15) is 0 Å². The molecule has 1 unspecified atom stereocenters. The highest BCUT2D eigenvalue weighted by atomic mass is 16.3. The molecule has 4 aromatic heterocycles. The lowest BCUT2D eigenvalue weighted by Crippen LogP contribution is -2.20. The van der Waals surface area contributed by atoms with Crippen molar-refractivity contribution < 1.29 is 17.7 Å². The maximum atomic E-state index is 6.79. The van der Waals surface area contributed by atoms with E-state index >= 15 is 0 Å². The standard InChI is InChI=1S/C63H40N2O4/c1-37-30-44(65(42-16-6-3-7-17-42)53-23-13-21-48-46-19-9-11-25-55(46)69-63(48)53)32-40-35-59-51(36-49(37)40)61-57(67-59)29-28-56-60(61)50-33-38-26-27-43(31-39(38)34-58(50)66-56)64(41-14-4-2-5-15-41)52-22-12-20-47-45-18-8-10-24-54(45)68-62(47)52/h2-29,31-37H,30H2,1H3. The summed E-state index contributed by atoms with van der Waals surface area (Å²) >= 11 is 0. The lowest BCUT2D eigenvalue weighted by atomic mass is 9.85. The molecule has 0 fully saturated rings. The predicted octanol–water partition coefficient (Wildman–Crippen LogP) is 18.6. The maximum absolute atomic E-state index is 6.79. The summed E-state index contributed by atoms with van der Waals surface area (Å²) in [5.41, 5.74) is 15.7. The Kier molecular flexibility index (Phi) is 8.01. The molecule has 0 saturated heterocycles. The molecule has 6 heteroatoms. The topological polar surface area (TPSA) is 59.0 Å². The second-order valence-corrected chi connectivity index (χ2v) is 18.5. The average molecular weight is 889 g/mol. The third-order valence-electron chi connectivity index (χ3n) is 14.4. The van der Waals surface area contributed by atoms with Crippen LogP contribution in [0.2, 0.25) is 0 Å². The van der Waals surface area contributed by atoms with Crippen LogP contribution in [0, 0.1) is 0 Å². The molecule has 0 spiro atoms. The van der Waals surface area contributed by atoms with E-state index in [-0.39, 0.29) is 5.92 Å². The minimum Gasteiger partial charge on any atom is -0.456 e. The molecule has 6 nitrogen and oxygen atoms in total. The van der Waals surface area contributed by atoms with Gasteiger partial charge in [0, 0.05) is 65.8 Å². The van der Waals surface area contributed by atoms with Gasteiger partial charge in [0.25, 0.3) is 0 Å². The summed E-state index contributed by atoms with van der Waals surface area (Å²) < 4.78 is 26.7. The second kappa shape index (κ2) is 14.5. The van der Waals surface area contributed by atoms with Crippen LogP contribution in [0.3, 0.4) is 0 Å². The number of anilines is 5. The molecule has 0 bridgehead atoms. The molecule has 14 aromatic rings. The Labute approximate surface area is 395 Å². The van der Waals surface area contributed by atoms with E-state index < -0.39 is 0 Å². The van der Waals surface area contributed by atoms with E-state index in [1.165, 1.54) is 11.3 Å². The zero-order valence-electron chi connectivity index (χ0n) is 37.4. The molecule has 1 aliphatic carbocycles. The van der Waals surface area contributed by atoms with Crippen molar-refractivity contribution in [3.8, 4) is 0 Å². The lowest BCUT2D eigenvalue weighted by molar-refractivity contribution is 0.662. The smallest absolute Gasteiger partial charge is 0.159 e. The number of hydrogen-bond acceptors (Lipinski definition) is 6. The summed E-state index contributed by atoms with van der Waals surface area (Å²) in [6, 6.07) is 70.4. The molecule has 326 valence electrons. The van der Waals surface area contributed by atoms with Gasteiger partial charge in [-0.05, 0) is 137 Å². The monoisotopic (exact) mass is 888 g/mol. The van der Waals surface area contributed by atoms with Crippen LogP contribution >= 0.6 is 0 Å². The van der Waals surface area contributed by atoms with Crippen molar-refractivity contribution >= 4 is 133 Å². The van der Waals surface area contributed by atoms with Crippen molar-refractivity contribution in [2.24, 2.45) is 0 Å². The van der Waals surface area contributed by atoms with E-state index in [0.717, 1.165) is 139 Å². The molecule has 4 heterocycles. The van der Waals surface area contributed by atoms with Crippen molar-refractivity contribution in [3.63, 3.8) is 0 Å². The number of nitrogens with zero attached hydrogens (tertiary/aromatic N) is 2. The Balaban J connectivity index is 0.865. The summed E-state index contributed by atoms with van der Waals surface area (Å²) in [6.45, 7) is 2.34. The first-order chi connectivity index (χ1) is 34.1. The average Bonchev–Trinajstić information content (AvgIpc) is 4.16. The van der Waals surface area contributed by atoms with Gasteiger partial charge in [0.15, 0.2) is 11.2 Å². The molecule has 69 heavy (non-hydrogen) atoms. The quantitative estimate of drug-likeness (QED) is 0.166. The molecular weight excluding hydrogens is 849 g/mol. The largest absolute Gasteiger partial charge is 0.456 e. The number of furan rings is 4. The van der Waals surface area contributed by atoms with Gasteiger partial charge in [0.1, 0.15) is 33.5 Å². The van der Waals surface area contributed by atoms with Crippen molar-refractivity contribution in [1.82, 2.24) is 0 Å². The molecule has 1 aliphatic rings. The third-order valence-corrected chi connectivity index (χ3v) is 14.4. The van der Waals surface area contributed by atoms with E-state index in [2.05, 4.69) is 199 Å². The minimum absolute atomic E-state index is 0.225. The molecular formula is C63H40N2O4. The summed E-state index contributed by atoms with van der Waals surface area (Å²) in [6.07, 6.45) is 3.18. The SMILES string of the molecule is CC1CC(N(c2ccccc2)c2cccc3c2oc2ccccc23)=Cc2cc3oc4ccc5oc6cc7cc(N(c8ccccc8)c8cccc9c8oc8ccccc89)ccc7cc6c5c4c3cc21. The maximum Gasteiger partial charge on any atom is 0.159 e. The molecule has 0 saturated carbocycles. The zero-order valence-corrected chi connectivity index (χ0v) is 37.4. The van der Waals surface area contributed by atoms with Crippen molar-refractivity contribution in [1.29, 1.82) is 0 Å². The Morgan fingerprint density at radius 1 is 0.377 bits per heavy atom. The Bertz CT molecular complexity index is 4440. The fraction of sp³-hybridized carbons (Fsp3) is 0.0476. The number of hydrogen-bond donors (Lipinski definition) is 0. The van der Waals surface area contributed by atoms with Crippen LogP contribution in [-0.4, -0.2) is 0 Å². The lowest BCUT2D eigenvalue weighted by Gasteiger charge is -2.33. The second-order valence-electron chi connectivity index (χ2n) is 18.5. The van der Waals surface area contributed by atoms with Gasteiger partial charge < -0.3 is 27.5 Å². The molecule has 0 aliphatic heterocycles. The summed E-state index contributed by atoms with van der Waals surface area (Å²) in [5.74, 6) is 0.225. The number of para-hydroxylation sites is 6. The fourth-order valence-corrected chi connectivity index (χ4v) is 11.3. The fourth-order valence-electron chi connectivity index (χ4n) is 11.3. The van der Waals surface area contributed by atoms with Crippen LogP contribution in [0.15, 0.2) is 224 Å². The van der Waals surface area contributed by atoms with E-state index in [0.29, 0.717) is 0 Å². The Morgan fingerprint density at radius 2 is 0.928 bits per heavy atom. The third kappa shape index (κ3) is 5.72. The van der Waals surface area contributed by atoms with Crippen molar-refractivity contribution in [3.05, 3.63) is 217 Å². The molecule has 15 rings (SSSR count). The van der Waals surface area contributed by atoms with Crippen molar-refractivity contribution in [2.75, 3.05) is 9.80 Å². The Hall–Kier alpha value is -9.00. The van der Waals surface area contributed by atoms with Crippen LogP contribution in [0.5, 0.6) is 0 Å². The number of rotatable bonds is 6. The van der Waals surface area contributed by atoms with Crippen molar-refractivity contribution in [2.45, 2.75) is 19.3 Å². The zero-order chi connectivity index (χ0) is 45.3. The number of fused-ring (bicyclic) bond motifs is 15.